The highest BCUT2D eigenvalue weighted by atomic mass is 16.5. The van der Waals surface area contributed by atoms with E-state index in [1.165, 1.54) is 77.4 Å². The predicted octanol–water partition coefficient (Wildman–Crippen LogP) is 11.9. The van der Waals surface area contributed by atoms with Crippen LogP contribution < -0.4 is 26.0 Å². The van der Waals surface area contributed by atoms with Gasteiger partial charge in [-0.05, 0) is 103 Å². The highest BCUT2D eigenvalue weighted by molar-refractivity contribution is 6.99. The Bertz CT molecular complexity index is 2900. The first-order valence-corrected chi connectivity index (χ1v) is 19.0. The number of hydrogen-bond acceptors (Lipinski definition) is 2. The third kappa shape index (κ3) is 5.20. The van der Waals surface area contributed by atoms with Crippen molar-refractivity contribution in [1.82, 2.24) is 0 Å². The first kappa shape index (κ1) is 31.4. The lowest BCUT2D eigenvalue weighted by Crippen LogP contribution is -2.59. The zero-order valence-corrected chi connectivity index (χ0v) is 30.1. The Balaban J connectivity index is 1.19. The molecule has 55 heavy (non-hydrogen) atoms. The second-order valence-corrected chi connectivity index (χ2v) is 14.4. The molecule has 0 saturated heterocycles. The molecule has 0 saturated carbocycles. The molecule has 2 aliphatic rings. The molecule has 0 bridgehead atoms. The third-order valence-corrected chi connectivity index (χ3v) is 11.3. The van der Waals surface area contributed by atoms with Crippen molar-refractivity contribution in [3.05, 3.63) is 206 Å². The van der Waals surface area contributed by atoms with Gasteiger partial charge >= 0.3 is 0 Å². The summed E-state index contributed by atoms with van der Waals surface area (Å²) < 4.78 is 6.85. The Hall–Kier alpha value is -7.10. The van der Waals surface area contributed by atoms with E-state index in [0.29, 0.717) is 0 Å². The lowest BCUT2D eigenvalue weighted by atomic mass is 9.34. The molecular formula is C52H34BNO. The van der Waals surface area contributed by atoms with Gasteiger partial charge in [0.05, 0.1) is 5.69 Å². The maximum Gasteiger partial charge on any atom is 0.256 e. The van der Waals surface area contributed by atoms with Crippen molar-refractivity contribution < 1.29 is 4.74 Å². The maximum atomic E-state index is 6.85. The van der Waals surface area contributed by atoms with Gasteiger partial charge in [-0.3, -0.25) is 0 Å². The quantitative estimate of drug-likeness (QED) is 0.166. The van der Waals surface area contributed by atoms with Crippen LogP contribution in [0, 0.1) is 0 Å². The highest BCUT2D eigenvalue weighted by Crippen LogP contribution is 2.47. The molecular weight excluding hydrogens is 665 g/mol. The van der Waals surface area contributed by atoms with Gasteiger partial charge in [-0.15, -0.1) is 0 Å². The van der Waals surface area contributed by atoms with Gasteiger partial charge in [0.1, 0.15) is 11.5 Å². The summed E-state index contributed by atoms with van der Waals surface area (Å²) in [6, 6.07) is 74.7. The summed E-state index contributed by atoms with van der Waals surface area (Å²) in [6.45, 7) is -0.0295. The fourth-order valence-electron chi connectivity index (χ4n) is 8.79. The van der Waals surface area contributed by atoms with Gasteiger partial charge in [-0.2, -0.15) is 0 Å². The summed E-state index contributed by atoms with van der Waals surface area (Å²) in [5.41, 5.74) is 16.6. The summed E-state index contributed by atoms with van der Waals surface area (Å²) in [6.07, 6.45) is 0. The van der Waals surface area contributed by atoms with Crippen LogP contribution in [-0.4, -0.2) is 6.71 Å². The van der Waals surface area contributed by atoms with Crippen LogP contribution in [0.3, 0.4) is 0 Å². The number of rotatable bonds is 5. The van der Waals surface area contributed by atoms with Crippen LogP contribution in [0.4, 0.5) is 17.1 Å². The van der Waals surface area contributed by atoms with Crippen LogP contribution in [0.15, 0.2) is 206 Å². The van der Waals surface area contributed by atoms with Gasteiger partial charge in [0.2, 0.25) is 0 Å². The molecule has 0 radical (unpaired) electrons. The van der Waals surface area contributed by atoms with Crippen molar-refractivity contribution in [2.45, 2.75) is 0 Å². The van der Waals surface area contributed by atoms with Crippen molar-refractivity contribution in [2.75, 3.05) is 4.90 Å². The van der Waals surface area contributed by atoms with Crippen LogP contribution in [0.1, 0.15) is 0 Å². The fourth-order valence-corrected chi connectivity index (χ4v) is 8.79. The maximum absolute atomic E-state index is 6.85. The Labute approximate surface area is 321 Å². The Kier molecular flexibility index (Phi) is 7.31. The number of benzene rings is 9. The smallest absolute Gasteiger partial charge is 0.256 e. The average molecular weight is 700 g/mol. The molecule has 9 aromatic rings. The van der Waals surface area contributed by atoms with Gasteiger partial charge in [0.15, 0.2) is 0 Å². The van der Waals surface area contributed by atoms with E-state index in [4.69, 9.17) is 4.74 Å². The van der Waals surface area contributed by atoms with Crippen molar-refractivity contribution in [3.8, 4) is 56.0 Å². The van der Waals surface area contributed by atoms with E-state index in [0.717, 1.165) is 22.9 Å². The lowest BCUT2D eigenvalue weighted by molar-refractivity contribution is 0.487. The molecule has 2 nitrogen and oxygen atoms in total. The van der Waals surface area contributed by atoms with Gasteiger partial charge in [0, 0.05) is 16.9 Å². The standard InChI is InChI=1S/C52H34BNO/c1-4-14-35(15-5-1)39-26-29-47(44(32-39)43-23-12-21-38-20-10-11-22-42(38)43)54-48-30-27-40(36-16-6-2-7-17-36)33-45(48)53-46-34-41(37-18-8-3-9-19-37)28-31-50(46)55-51-25-13-24-49(54)52(51)53/h1-34H. The van der Waals surface area contributed by atoms with E-state index in [2.05, 4.69) is 211 Å². The van der Waals surface area contributed by atoms with Crippen molar-refractivity contribution >= 4 is 50.9 Å². The highest BCUT2D eigenvalue weighted by Gasteiger charge is 2.42. The van der Waals surface area contributed by atoms with Gasteiger partial charge in [-0.1, -0.05) is 170 Å². The SMILES string of the molecule is c1ccc(-c2ccc3c(c2)B2c4cc(-c5ccccc5)ccc4N(c4ccc(-c5ccccc5)cc4-c4cccc5ccccc45)c4cccc(c42)O3)cc1. The minimum absolute atomic E-state index is 0.0295. The Morgan fingerprint density at radius 2 is 0.909 bits per heavy atom. The van der Waals surface area contributed by atoms with E-state index in [-0.39, 0.29) is 6.71 Å². The molecule has 0 spiro atoms. The number of hydrogen-bond donors (Lipinski definition) is 0. The lowest BCUT2D eigenvalue weighted by Gasteiger charge is -2.41. The Morgan fingerprint density at radius 3 is 1.62 bits per heavy atom. The van der Waals surface area contributed by atoms with Gasteiger partial charge < -0.3 is 9.64 Å². The molecule has 3 heteroatoms. The van der Waals surface area contributed by atoms with Crippen LogP contribution in [0.5, 0.6) is 11.5 Å². The number of anilines is 3. The zero-order valence-electron chi connectivity index (χ0n) is 30.1. The molecule has 0 aromatic heterocycles. The van der Waals surface area contributed by atoms with E-state index < -0.39 is 0 Å². The third-order valence-electron chi connectivity index (χ3n) is 11.3. The summed E-state index contributed by atoms with van der Waals surface area (Å²) in [5.74, 6) is 1.80. The van der Waals surface area contributed by atoms with Crippen LogP contribution >= 0.6 is 0 Å². The second-order valence-electron chi connectivity index (χ2n) is 14.4. The van der Waals surface area contributed by atoms with E-state index in [9.17, 15) is 0 Å². The van der Waals surface area contributed by atoms with Crippen molar-refractivity contribution in [1.29, 1.82) is 0 Å². The molecule has 0 N–H and O–H groups in total. The van der Waals surface area contributed by atoms with Crippen molar-refractivity contribution in [2.24, 2.45) is 0 Å². The molecule has 2 heterocycles. The first-order valence-electron chi connectivity index (χ1n) is 19.0. The summed E-state index contributed by atoms with van der Waals surface area (Å²) >= 11 is 0. The zero-order chi connectivity index (χ0) is 36.3. The number of nitrogens with zero attached hydrogens (tertiary/aromatic N) is 1. The minimum atomic E-state index is -0.0295. The number of fused-ring (bicyclic) bond motifs is 5. The molecule has 2 aliphatic heterocycles. The molecule has 9 aromatic carbocycles. The molecule has 256 valence electrons. The summed E-state index contributed by atoms with van der Waals surface area (Å²) in [7, 11) is 0. The normalized spacial score (nSPS) is 12.4. The largest absolute Gasteiger partial charge is 0.458 e. The Morgan fingerprint density at radius 1 is 0.345 bits per heavy atom. The molecule has 0 unspecified atom stereocenters. The number of ether oxygens (including phenoxy) is 1. The van der Waals surface area contributed by atoms with Gasteiger partial charge in [-0.25, -0.2) is 0 Å². The molecule has 11 rings (SSSR count). The van der Waals surface area contributed by atoms with Crippen LogP contribution in [0.2, 0.25) is 0 Å². The molecule has 0 amide bonds. The van der Waals surface area contributed by atoms with E-state index in [1.807, 2.05) is 0 Å². The summed E-state index contributed by atoms with van der Waals surface area (Å²) in [4.78, 5) is 2.49. The van der Waals surface area contributed by atoms with Crippen LogP contribution in [-0.2, 0) is 0 Å². The molecule has 0 atom stereocenters. The van der Waals surface area contributed by atoms with E-state index >= 15 is 0 Å². The minimum Gasteiger partial charge on any atom is -0.458 e. The molecule has 0 aliphatic carbocycles. The topological polar surface area (TPSA) is 12.5 Å². The predicted molar refractivity (Wildman–Crippen MR) is 232 cm³/mol. The summed E-state index contributed by atoms with van der Waals surface area (Å²) in [5, 5.41) is 2.45. The van der Waals surface area contributed by atoms with Gasteiger partial charge in [0.25, 0.3) is 6.71 Å². The van der Waals surface area contributed by atoms with E-state index in [1.54, 1.807) is 0 Å². The molecule has 0 fully saturated rings. The average Bonchev–Trinajstić information content (AvgIpc) is 3.26. The fraction of sp³-hybridized carbons (Fsp3) is 0. The monoisotopic (exact) mass is 699 g/mol. The van der Waals surface area contributed by atoms with Crippen molar-refractivity contribution in [3.63, 3.8) is 0 Å². The second kappa shape index (κ2) is 12.8. The first-order chi connectivity index (χ1) is 27.3. The van der Waals surface area contributed by atoms with Crippen LogP contribution in [0.25, 0.3) is 55.3 Å².